The highest BCUT2D eigenvalue weighted by atomic mass is 19.4. The van der Waals surface area contributed by atoms with Gasteiger partial charge in [-0.05, 0) is 25.0 Å². The highest BCUT2D eigenvalue weighted by Gasteiger charge is 2.47. The number of pyridine rings is 1. The Morgan fingerprint density at radius 1 is 1.35 bits per heavy atom. The van der Waals surface area contributed by atoms with E-state index >= 15 is 0 Å². The van der Waals surface area contributed by atoms with Crippen molar-refractivity contribution in [1.29, 1.82) is 0 Å². The summed E-state index contributed by atoms with van der Waals surface area (Å²) in [5.74, 6) is 0. The van der Waals surface area contributed by atoms with E-state index in [0.29, 0.717) is 18.8 Å². The molecule has 2 aliphatic rings. The highest BCUT2D eigenvalue weighted by Crippen LogP contribution is 2.41. The number of alkyl halides is 3. The van der Waals surface area contributed by atoms with Crippen LogP contribution in [0.1, 0.15) is 24.1 Å². The number of aromatic nitrogens is 1. The molecule has 110 valence electrons. The van der Waals surface area contributed by atoms with Crippen LogP contribution in [0.2, 0.25) is 0 Å². The molecule has 1 aliphatic heterocycles. The van der Waals surface area contributed by atoms with E-state index in [1.807, 2.05) is 0 Å². The van der Waals surface area contributed by atoms with Crippen LogP contribution in [0.15, 0.2) is 18.3 Å². The maximum atomic E-state index is 12.4. The molecule has 1 aromatic heterocycles. The molecule has 7 heteroatoms. The van der Waals surface area contributed by atoms with E-state index in [2.05, 4.69) is 15.4 Å². The Morgan fingerprint density at radius 2 is 2.15 bits per heavy atom. The van der Waals surface area contributed by atoms with E-state index in [4.69, 9.17) is 4.74 Å². The number of nitrogens with one attached hydrogen (secondary N) is 1. The van der Waals surface area contributed by atoms with E-state index in [0.717, 1.165) is 38.2 Å². The molecule has 0 bridgehead atoms. The molecule has 0 unspecified atom stereocenters. The van der Waals surface area contributed by atoms with Gasteiger partial charge in [0.1, 0.15) is 0 Å². The third-order valence-corrected chi connectivity index (χ3v) is 3.69. The van der Waals surface area contributed by atoms with Gasteiger partial charge in [0, 0.05) is 19.3 Å². The lowest BCUT2D eigenvalue weighted by molar-refractivity contribution is -0.137. The van der Waals surface area contributed by atoms with Gasteiger partial charge in [-0.25, -0.2) is 10.4 Å². The zero-order valence-electron chi connectivity index (χ0n) is 10.9. The van der Waals surface area contributed by atoms with Crippen LogP contribution in [-0.4, -0.2) is 35.3 Å². The summed E-state index contributed by atoms with van der Waals surface area (Å²) in [6.07, 6.45) is -1.28. The van der Waals surface area contributed by atoms with Gasteiger partial charge in [0.05, 0.1) is 30.0 Å². The first-order valence-electron chi connectivity index (χ1n) is 6.61. The third-order valence-electron chi connectivity index (χ3n) is 3.69. The van der Waals surface area contributed by atoms with Crippen molar-refractivity contribution in [2.45, 2.75) is 31.2 Å². The van der Waals surface area contributed by atoms with Gasteiger partial charge in [-0.2, -0.15) is 13.2 Å². The standard InChI is InChI=1S/C13H16F3N3O/c14-13(15,16)10-1-2-11(17-7-10)8-18-19-5-6-20-12(9-19)3-4-12/h1-2,7,18H,3-6,8-9H2. The summed E-state index contributed by atoms with van der Waals surface area (Å²) in [6.45, 7) is 2.72. The molecule has 0 radical (unpaired) electrons. The fraction of sp³-hybridized carbons (Fsp3) is 0.615. The van der Waals surface area contributed by atoms with Gasteiger partial charge in [0.15, 0.2) is 0 Å². The van der Waals surface area contributed by atoms with Crippen LogP contribution in [0.5, 0.6) is 0 Å². The second kappa shape index (κ2) is 4.98. The van der Waals surface area contributed by atoms with Crippen molar-refractivity contribution in [3.05, 3.63) is 29.6 Å². The van der Waals surface area contributed by atoms with E-state index < -0.39 is 11.7 Å². The third kappa shape index (κ3) is 3.11. The minimum atomic E-state index is -4.33. The summed E-state index contributed by atoms with van der Waals surface area (Å²) in [6, 6.07) is 2.47. The lowest BCUT2D eigenvalue weighted by Crippen LogP contribution is -2.50. The number of halogens is 3. The van der Waals surface area contributed by atoms with Crippen molar-refractivity contribution in [2.75, 3.05) is 19.7 Å². The molecule has 1 aromatic rings. The SMILES string of the molecule is FC(F)(F)c1ccc(CNN2CCOC3(CC3)C2)nc1. The van der Waals surface area contributed by atoms with Crippen LogP contribution < -0.4 is 5.43 Å². The van der Waals surface area contributed by atoms with Crippen molar-refractivity contribution >= 4 is 0 Å². The van der Waals surface area contributed by atoms with Crippen LogP contribution in [0.4, 0.5) is 13.2 Å². The summed E-state index contributed by atoms with van der Waals surface area (Å²) in [7, 11) is 0. The van der Waals surface area contributed by atoms with Gasteiger partial charge in [-0.15, -0.1) is 0 Å². The smallest absolute Gasteiger partial charge is 0.372 e. The first-order valence-corrected chi connectivity index (χ1v) is 6.61. The zero-order valence-corrected chi connectivity index (χ0v) is 10.9. The van der Waals surface area contributed by atoms with Gasteiger partial charge in [-0.3, -0.25) is 4.98 Å². The van der Waals surface area contributed by atoms with Gasteiger partial charge in [0.2, 0.25) is 0 Å². The van der Waals surface area contributed by atoms with E-state index in [1.165, 1.54) is 6.07 Å². The van der Waals surface area contributed by atoms with E-state index in [1.54, 1.807) is 0 Å². The summed E-state index contributed by atoms with van der Waals surface area (Å²) >= 11 is 0. The van der Waals surface area contributed by atoms with Gasteiger partial charge in [0.25, 0.3) is 0 Å². The van der Waals surface area contributed by atoms with Crippen LogP contribution in [0, 0.1) is 0 Å². The Balaban J connectivity index is 1.53. The second-order valence-corrected chi connectivity index (χ2v) is 5.32. The molecule has 4 nitrogen and oxygen atoms in total. The average Bonchev–Trinajstić information content (AvgIpc) is 3.15. The molecule has 0 aromatic carbocycles. The number of hydrogen-bond acceptors (Lipinski definition) is 4. The maximum absolute atomic E-state index is 12.4. The topological polar surface area (TPSA) is 37.4 Å². The molecule has 0 atom stereocenters. The van der Waals surface area contributed by atoms with Crippen molar-refractivity contribution in [3.63, 3.8) is 0 Å². The fourth-order valence-corrected chi connectivity index (χ4v) is 2.31. The average molecular weight is 287 g/mol. The quantitative estimate of drug-likeness (QED) is 0.922. The normalized spacial score (nSPS) is 22.1. The molecule has 0 amide bonds. The first kappa shape index (κ1) is 13.8. The number of ether oxygens (including phenoxy) is 1. The molecular weight excluding hydrogens is 271 g/mol. The minimum Gasteiger partial charge on any atom is -0.372 e. The lowest BCUT2D eigenvalue weighted by Gasteiger charge is -2.33. The fourth-order valence-electron chi connectivity index (χ4n) is 2.31. The monoisotopic (exact) mass is 287 g/mol. The number of hydrogen-bond donors (Lipinski definition) is 1. The first-order chi connectivity index (χ1) is 9.47. The molecular formula is C13H16F3N3O. The molecule has 1 saturated carbocycles. The van der Waals surface area contributed by atoms with E-state index in [9.17, 15) is 13.2 Å². The van der Waals surface area contributed by atoms with Gasteiger partial charge >= 0.3 is 6.18 Å². The van der Waals surface area contributed by atoms with Crippen LogP contribution >= 0.6 is 0 Å². The minimum absolute atomic E-state index is 0.0266. The van der Waals surface area contributed by atoms with Gasteiger partial charge in [-0.1, -0.05) is 0 Å². The molecule has 2 fully saturated rings. The van der Waals surface area contributed by atoms with Crippen molar-refractivity contribution < 1.29 is 17.9 Å². The van der Waals surface area contributed by atoms with E-state index in [-0.39, 0.29) is 5.60 Å². The second-order valence-electron chi connectivity index (χ2n) is 5.32. The van der Waals surface area contributed by atoms with Gasteiger partial charge < -0.3 is 4.74 Å². The Hall–Kier alpha value is -1.18. The molecule has 20 heavy (non-hydrogen) atoms. The molecule has 2 heterocycles. The number of rotatable bonds is 3. The van der Waals surface area contributed by atoms with Crippen molar-refractivity contribution in [3.8, 4) is 0 Å². The van der Waals surface area contributed by atoms with Crippen molar-refractivity contribution in [1.82, 2.24) is 15.4 Å². The molecule has 1 spiro atoms. The Labute approximate surface area is 114 Å². The lowest BCUT2D eigenvalue weighted by atomic mass is 10.2. The molecule has 3 rings (SSSR count). The summed E-state index contributed by atoms with van der Waals surface area (Å²) in [4.78, 5) is 3.84. The Morgan fingerprint density at radius 3 is 2.75 bits per heavy atom. The number of morpholine rings is 1. The molecule has 1 saturated heterocycles. The largest absolute Gasteiger partial charge is 0.417 e. The zero-order chi connectivity index (χ0) is 14.2. The summed E-state index contributed by atoms with van der Waals surface area (Å²) < 4.78 is 42.9. The van der Waals surface area contributed by atoms with Crippen molar-refractivity contribution in [2.24, 2.45) is 0 Å². The number of nitrogens with zero attached hydrogens (tertiary/aromatic N) is 2. The van der Waals surface area contributed by atoms with Crippen LogP contribution in [0.25, 0.3) is 0 Å². The number of hydrazine groups is 1. The Bertz CT molecular complexity index is 471. The molecule has 1 aliphatic carbocycles. The Kier molecular flexibility index (Phi) is 3.43. The predicted molar refractivity (Wildman–Crippen MR) is 65.6 cm³/mol. The molecule has 1 N–H and O–H groups in total. The highest BCUT2D eigenvalue weighted by molar-refractivity contribution is 5.16. The van der Waals surface area contributed by atoms with Crippen LogP contribution in [0.3, 0.4) is 0 Å². The summed E-state index contributed by atoms with van der Waals surface area (Å²) in [5.41, 5.74) is 3.10. The predicted octanol–water partition coefficient (Wildman–Crippen LogP) is 1.97. The van der Waals surface area contributed by atoms with Crippen LogP contribution in [-0.2, 0) is 17.5 Å². The summed E-state index contributed by atoms with van der Waals surface area (Å²) in [5, 5.41) is 2.07. The maximum Gasteiger partial charge on any atom is 0.417 e.